The van der Waals surface area contributed by atoms with Crippen LogP contribution < -0.4 is 0 Å². The molecule has 0 saturated heterocycles. The maximum atomic E-state index is 11.4. The van der Waals surface area contributed by atoms with Crippen LogP contribution in [0.1, 0.15) is 6.92 Å². The highest BCUT2D eigenvalue weighted by Crippen LogP contribution is 2.22. The fourth-order valence-corrected chi connectivity index (χ4v) is 1.26. The van der Waals surface area contributed by atoms with Crippen molar-refractivity contribution in [2.45, 2.75) is 18.8 Å². The van der Waals surface area contributed by atoms with Crippen LogP contribution in [0.15, 0.2) is 38.0 Å². The first-order valence-electron chi connectivity index (χ1n) is 5.50. The molecule has 102 valence electrons. The van der Waals surface area contributed by atoms with Gasteiger partial charge in [-0.2, -0.15) is 0 Å². The van der Waals surface area contributed by atoms with Crippen LogP contribution in [-0.4, -0.2) is 42.8 Å². The van der Waals surface area contributed by atoms with Crippen molar-refractivity contribution in [3.8, 4) is 0 Å². The van der Waals surface area contributed by atoms with Gasteiger partial charge in [0.05, 0.1) is 19.8 Å². The molecule has 5 nitrogen and oxygen atoms in total. The average Bonchev–Trinajstić information content (AvgIpc) is 2.36. The minimum Gasteiger partial charge on any atom is -0.477 e. The minimum atomic E-state index is -1.88. The Morgan fingerprint density at radius 3 is 1.94 bits per heavy atom. The van der Waals surface area contributed by atoms with Crippen molar-refractivity contribution in [3.05, 3.63) is 38.0 Å². The third kappa shape index (κ3) is 4.44. The highest BCUT2D eigenvalue weighted by Gasteiger charge is 2.47. The van der Waals surface area contributed by atoms with Gasteiger partial charge in [0, 0.05) is 0 Å². The molecule has 0 aromatic carbocycles. The van der Waals surface area contributed by atoms with Gasteiger partial charge in [-0.3, -0.25) is 0 Å². The van der Waals surface area contributed by atoms with E-state index in [1.54, 1.807) is 6.92 Å². The first-order chi connectivity index (χ1) is 8.55. The summed E-state index contributed by atoms with van der Waals surface area (Å²) in [5.41, 5.74) is 0. The van der Waals surface area contributed by atoms with E-state index < -0.39 is 17.9 Å². The second-order valence-electron chi connectivity index (χ2n) is 3.44. The lowest BCUT2D eigenvalue weighted by atomic mass is 10.1. The van der Waals surface area contributed by atoms with E-state index >= 15 is 0 Å². The standard InChI is InChI=1S/C13H20O5/c1-5-8-16-11(4)13(12(14)15,17-9-6-2)18-10-7-3/h5-7,11H,1-3,8-10H2,4H3,(H,14,15). The van der Waals surface area contributed by atoms with Gasteiger partial charge in [0.25, 0.3) is 5.79 Å². The van der Waals surface area contributed by atoms with Crippen LogP contribution in [0.25, 0.3) is 0 Å². The fourth-order valence-electron chi connectivity index (χ4n) is 1.26. The number of hydrogen-bond donors (Lipinski definition) is 1. The van der Waals surface area contributed by atoms with Gasteiger partial charge in [0.15, 0.2) is 0 Å². The average molecular weight is 256 g/mol. The zero-order valence-corrected chi connectivity index (χ0v) is 10.6. The van der Waals surface area contributed by atoms with Crippen LogP contribution in [0.5, 0.6) is 0 Å². The molecule has 0 heterocycles. The normalized spacial score (nSPS) is 12.7. The molecule has 0 radical (unpaired) electrons. The van der Waals surface area contributed by atoms with Crippen LogP contribution in [0.4, 0.5) is 0 Å². The molecule has 0 aliphatic carbocycles. The summed E-state index contributed by atoms with van der Waals surface area (Å²) in [4.78, 5) is 11.4. The van der Waals surface area contributed by atoms with Crippen molar-refractivity contribution in [3.63, 3.8) is 0 Å². The molecule has 0 aromatic heterocycles. The lowest BCUT2D eigenvalue weighted by molar-refractivity contribution is -0.274. The maximum Gasteiger partial charge on any atom is 0.367 e. The van der Waals surface area contributed by atoms with Gasteiger partial charge in [-0.25, -0.2) is 4.79 Å². The van der Waals surface area contributed by atoms with Crippen LogP contribution in [0.3, 0.4) is 0 Å². The monoisotopic (exact) mass is 256 g/mol. The Bertz CT molecular complexity index is 286. The molecule has 0 aliphatic heterocycles. The van der Waals surface area contributed by atoms with E-state index in [9.17, 15) is 9.90 Å². The van der Waals surface area contributed by atoms with Gasteiger partial charge in [0.1, 0.15) is 6.10 Å². The van der Waals surface area contributed by atoms with E-state index in [2.05, 4.69) is 19.7 Å². The molecule has 0 bridgehead atoms. The zero-order chi connectivity index (χ0) is 14.0. The molecule has 18 heavy (non-hydrogen) atoms. The predicted octanol–water partition coefficient (Wildman–Crippen LogP) is 1.76. The summed E-state index contributed by atoms with van der Waals surface area (Å²) < 4.78 is 15.8. The van der Waals surface area contributed by atoms with Gasteiger partial charge in [-0.1, -0.05) is 18.2 Å². The highest BCUT2D eigenvalue weighted by molar-refractivity contribution is 5.76. The largest absolute Gasteiger partial charge is 0.477 e. The summed E-state index contributed by atoms with van der Waals surface area (Å²) in [6.45, 7) is 12.3. The second-order valence-corrected chi connectivity index (χ2v) is 3.44. The van der Waals surface area contributed by atoms with E-state index in [0.29, 0.717) is 0 Å². The van der Waals surface area contributed by atoms with E-state index in [1.807, 2.05) is 0 Å². The first kappa shape index (κ1) is 16.6. The molecule has 0 aliphatic rings. The molecule has 1 unspecified atom stereocenters. The van der Waals surface area contributed by atoms with Gasteiger partial charge < -0.3 is 19.3 Å². The van der Waals surface area contributed by atoms with Crippen LogP contribution in [0.2, 0.25) is 0 Å². The Balaban J connectivity index is 5.01. The molecule has 0 amide bonds. The number of hydrogen-bond acceptors (Lipinski definition) is 4. The Morgan fingerprint density at radius 1 is 1.17 bits per heavy atom. The quantitative estimate of drug-likeness (QED) is 0.451. The van der Waals surface area contributed by atoms with Gasteiger partial charge in [0.2, 0.25) is 0 Å². The van der Waals surface area contributed by atoms with Crippen molar-refractivity contribution < 1.29 is 24.1 Å². The van der Waals surface area contributed by atoms with E-state index in [1.165, 1.54) is 18.2 Å². The summed E-state index contributed by atoms with van der Waals surface area (Å²) in [6, 6.07) is 0. The number of carbonyl (C=O) groups is 1. The molecule has 0 spiro atoms. The molecule has 0 rings (SSSR count). The van der Waals surface area contributed by atoms with Crippen molar-refractivity contribution in [2.24, 2.45) is 0 Å². The minimum absolute atomic E-state index is 0.0330. The molecule has 1 N–H and O–H groups in total. The maximum absolute atomic E-state index is 11.4. The van der Waals surface area contributed by atoms with Crippen LogP contribution in [-0.2, 0) is 19.0 Å². The zero-order valence-electron chi connectivity index (χ0n) is 10.6. The predicted molar refractivity (Wildman–Crippen MR) is 68.3 cm³/mol. The summed E-state index contributed by atoms with van der Waals surface area (Å²) >= 11 is 0. The molecular formula is C13H20O5. The molecule has 0 saturated carbocycles. The SMILES string of the molecule is C=CCOC(C)C(OCC=C)(OCC=C)C(=O)O. The third-order valence-electron chi connectivity index (χ3n) is 2.13. The van der Waals surface area contributed by atoms with E-state index in [0.717, 1.165) is 0 Å². The smallest absolute Gasteiger partial charge is 0.367 e. The molecule has 5 heteroatoms. The van der Waals surface area contributed by atoms with Crippen molar-refractivity contribution in [1.82, 2.24) is 0 Å². The summed E-state index contributed by atoms with van der Waals surface area (Å²) in [5.74, 6) is -3.14. The van der Waals surface area contributed by atoms with Crippen LogP contribution in [0, 0.1) is 0 Å². The highest BCUT2D eigenvalue weighted by atomic mass is 16.7. The van der Waals surface area contributed by atoms with Crippen LogP contribution >= 0.6 is 0 Å². The Labute approximate surface area is 107 Å². The van der Waals surface area contributed by atoms with E-state index in [4.69, 9.17) is 14.2 Å². The van der Waals surface area contributed by atoms with Crippen molar-refractivity contribution >= 4 is 5.97 Å². The number of carboxylic acid groups (broad SMARTS) is 1. The van der Waals surface area contributed by atoms with Gasteiger partial charge in [-0.05, 0) is 6.92 Å². The number of ether oxygens (including phenoxy) is 3. The Morgan fingerprint density at radius 2 is 1.61 bits per heavy atom. The lowest BCUT2D eigenvalue weighted by Crippen LogP contribution is -2.54. The molecule has 0 fully saturated rings. The summed E-state index contributed by atoms with van der Waals surface area (Å²) in [7, 11) is 0. The van der Waals surface area contributed by atoms with Crippen molar-refractivity contribution in [1.29, 1.82) is 0 Å². The Hall–Kier alpha value is -1.43. The molecular weight excluding hydrogens is 236 g/mol. The number of carboxylic acids is 1. The molecule has 1 atom stereocenters. The van der Waals surface area contributed by atoms with Gasteiger partial charge in [-0.15, -0.1) is 19.7 Å². The van der Waals surface area contributed by atoms with Gasteiger partial charge >= 0.3 is 5.97 Å². The molecule has 0 aromatic rings. The van der Waals surface area contributed by atoms with E-state index in [-0.39, 0.29) is 19.8 Å². The topological polar surface area (TPSA) is 65.0 Å². The number of aliphatic carboxylic acids is 1. The first-order valence-corrected chi connectivity index (χ1v) is 5.50. The lowest BCUT2D eigenvalue weighted by Gasteiger charge is -2.33. The third-order valence-corrected chi connectivity index (χ3v) is 2.13. The summed E-state index contributed by atoms with van der Waals surface area (Å²) in [6.07, 6.45) is 3.59. The van der Waals surface area contributed by atoms with Crippen molar-refractivity contribution in [2.75, 3.05) is 19.8 Å². The fraction of sp³-hybridized carbons (Fsp3) is 0.462. The summed E-state index contributed by atoms with van der Waals surface area (Å²) in [5, 5.41) is 9.32. The number of rotatable bonds is 11. The second kappa shape index (κ2) is 8.63. The Kier molecular flexibility index (Phi) is 7.94.